The first kappa shape index (κ1) is 12.8. The fraction of sp³-hybridized carbons (Fsp3) is 0.143. The number of nitrogens with zero attached hydrogens (tertiary/aromatic N) is 1. The molecule has 2 aromatic rings. The summed E-state index contributed by atoms with van der Waals surface area (Å²) in [6.07, 6.45) is 0. The van der Waals surface area contributed by atoms with Gasteiger partial charge in [-0.15, -0.1) is 0 Å². The van der Waals surface area contributed by atoms with E-state index in [-0.39, 0.29) is 0 Å². The molecule has 0 bridgehead atoms. The lowest BCUT2D eigenvalue weighted by Crippen LogP contribution is -2.11. The Morgan fingerprint density at radius 2 is 1.06 bits per heavy atom. The molecule has 3 nitrogen and oxygen atoms in total. The van der Waals surface area contributed by atoms with Gasteiger partial charge in [0.25, 0.3) is 0 Å². The van der Waals surface area contributed by atoms with Crippen molar-refractivity contribution in [1.29, 1.82) is 0 Å². The van der Waals surface area contributed by atoms with Gasteiger partial charge in [0.05, 0.1) is 0 Å². The van der Waals surface area contributed by atoms with Gasteiger partial charge in [0, 0.05) is 24.5 Å². The van der Waals surface area contributed by atoms with Gasteiger partial charge < -0.3 is 11.5 Å². The second-order valence-electron chi connectivity index (χ2n) is 4.31. The summed E-state index contributed by atoms with van der Waals surface area (Å²) in [6.45, 7) is 1.54. The number of nitrogen functional groups attached to an aromatic ring is 2. The summed E-state index contributed by atoms with van der Waals surface area (Å²) in [5.74, 6) is 0. The van der Waals surface area contributed by atoms with E-state index in [2.05, 4.69) is 12.8 Å². The van der Waals surface area contributed by atoms with Gasteiger partial charge in [-0.2, -0.15) is 0 Å². The predicted molar refractivity (Wildman–Crippen MR) is 79.9 cm³/mol. The van der Waals surface area contributed by atoms with Gasteiger partial charge in [0.15, 0.2) is 0 Å². The molecule has 4 heteroatoms. The maximum absolute atomic E-state index is 5.65. The van der Waals surface area contributed by atoms with E-state index in [0.29, 0.717) is 0 Å². The van der Waals surface area contributed by atoms with Crippen LogP contribution in [0.15, 0.2) is 48.5 Å². The Labute approximate surface area is 113 Å². The monoisotopic (exact) mass is 259 g/mol. The van der Waals surface area contributed by atoms with Crippen molar-refractivity contribution >= 4 is 24.2 Å². The number of hydrogen-bond acceptors (Lipinski definition) is 4. The van der Waals surface area contributed by atoms with E-state index in [0.717, 1.165) is 24.5 Å². The molecule has 0 heterocycles. The van der Waals surface area contributed by atoms with E-state index >= 15 is 0 Å². The van der Waals surface area contributed by atoms with Crippen LogP contribution in [-0.2, 0) is 13.1 Å². The number of rotatable bonds is 4. The van der Waals surface area contributed by atoms with Crippen molar-refractivity contribution in [3.05, 3.63) is 59.7 Å². The molecule has 0 unspecified atom stereocenters. The molecular weight excluding hydrogens is 242 g/mol. The van der Waals surface area contributed by atoms with Crippen molar-refractivity contribution in [2.24, 2.45) is 0 Å². The fourth-order valence-corrected chi connectivity index (χ4v) is 2.05. The molecule has 0 atom stereocenters. The molecule has 0 aliphatic carbocycles. The van der Waals surface area contributed by atoms with Crippen LogP contribution in [0.3, 0.4) is 0 Å². The molecule has 0 fully saturated rings. The lowest BCUT2D eigenvalue weighted by atomic mass is 10.2. The summed E-state index contributed by atoms with van der Waals surface area (Å²) < 4.78 is 1.96. The highest BCUT2D eigenvalue weighted by molar-refractivity contribution is 7.77. The summed E-state index contributed by atoms with van der Waals surface area (Å²) in [7, 11) is 0. The molecule has 94 valence electrons. The van der Waals surface area contributed by atoms with Crippen LogP contribution in [0.5, 0.6) is 0 Å². The summed E-state index contributed by atoms with van der Waals surface area (Å²) in [5.41, 5.74) is 15.2. The zero-order chi connectivity index (χ0) is 13.0. The van der Waals surface area contributed by atoms with E-state index in [9.17, 15) is 0 Å². The molecule has 4 N–H and O–H groups in total. The molecule has 2 aromatic carbocycles. The topological polar surface area (TPSA) is 55.3 Å². The smallest absolute Gasteiger partial charge is 0.0342 e. The molecule has 2 rings (SSSR count). The zero-order valence-corrected chi connectivity index (χ0v) is 11.0. The van der Waals surface area contributed by atoms with Crippen molar-refractivity contribution in [2.45, 2.75) is 13.1 Å². The molecule has 0 aliphatic heterocycles. The van der Waals surface area contributed by atoms with Crippen LogP contribution in [0, 0.1) is 0 Å². The molecule has 0 aliphatic rings. The second-order valence-corrected chi connectivity index (χ2v) is 4.87. The van der Waals surface area contributed by atoms with Crippen LogP contribution in [0.2, 0.25) is 0 Å². The average molecular weight is 259 g/mol. The van der Waals surface area contributed by atoms with E-state index in [1.165, 1.54) is 11.1 Å². The normalized spacial score (nSPS) is 10.8. The van der Waals surface area contributed by atoms with Crippen LogP contribution in [-0.4, -0.2) is 4.31 Å². The summed E-state index contributed by atoms with van der Waals surface area (Å²) in [5, 5.41) is 0. The van der Waals surface area contributed by atoms with E-state index in [4.69, 9.17) is 11.5 Å². The fourth-order valence-electron chi connectivity index (χ4n) is 1.72. The molecule has 0 saturated carbocycles. The molecule has 0 amide bonds. The Morgan fingerprint density at radius 1 is 0.722 bits per heavy atom. The number of thiol groups is 1. The Bertz CT molecular complexity index is 446. The molecule has 0 radical (unpaired) electrons. The van der Waals surface area contributed by atoms with Crippen LogP contribution in [0.4, 0.5) is 11.4 Å². The highest BCUT2D eigenvalue weighted by Gasteiger charge is 2.02. The summed E-state index contributed by atoms with van der Waals surface area (Å²) in [4.78, 5) is 0. The minimum Gasteiger partial charge on any atom is -0.399 e. The lowest BCUT2D eigenvalue weighted by Gasteiger charge is -2.15. The maximum Gasteiger partial charge on any atom is 0.0342 e. The second kappa shape index (κ2) is 5.80. The summed E-state index contributed by atoms with van der Waals surface area (Å²) in [6, 6.07) is 15.7. The first-order valence-corrected chi connectivity index (χ1v) is 6.16. The molecular formula is C14H17N3S. The van der Waals surface area contributed by atoms with Crippen molar-refractivity contribution in [1.82, 2.24) is 4.31 Å². The molecule has 0 aromatic heterocycles. The van der Waals surface area contributed by atoms with Crippen LogP contribution < -0.4 is 11.5 Å². The van der Waals surface area contributed by atoms with Crippen molar-refractivity contribution < 1.29 is 0 Å². The quantitative estimate of drug-likeness (QED) is 0.584. The van der Waals surface area contributed by atoms with E-state index in [1.54, 1.807) is 0 Å². The largest absolute Gasteiger partial charge is 0.399 e. The highest BCUT2D eigenvalue weighted by atomic mass is 32.1. The number of anilines is 2. The minimum absolute atomic E-state index is 0.772. The van der Waals surface area contributed by atoms with Crippen LogP contribution in [0.1, 0.15) is 11.1 Å². The van der Waals surface area contributed by atoms with Crippen LogP contribution >= 0.6 is 12.8 Å². The van der Waals surface area contributed by atoms with Crippen molar-refractivity contribution in [2.75, 3.05) is 11.5 Å². The Morgan fingerprint density at radius 3 is 1.39 bits per heavy atom. The molecule has 0 saturated heterocycles. The zero-order valence-electron chi connectivity index (χ0n) is 10.1. The van der Waals surface area contributed by atoms with Gasteiger partial charge in [-0.3, -0.25) is 0 Å². The SMILES string of the molecule is Nc1ccc(CN(S)Cc2ccc(N)cc2)cc1. The first-order chi connectivity index (χ1) is 8.63. The Balaban J connectivity index is 1.94. The third kappa shape index (κ3) is 3.68. The van der Waals surface area contributed by atoms with Crippen molar-refractivity contribution in [3.8, 4) is 0 Å². The van der Waals surface area contributed by atoms with Gasteiger partial charge in [-0.25, -0.2) is 4.31 Å². The predicted octanol–water partition coefficient (Wildman–Crippen LogP) is 2.70. The van der Waals surface area contributed by atoms with Gasteiger partial charge in [-0.05, 0) is 35.4 Å². The third-order valence-electron chi connectivity index (χ3n) is 2.69. The highest BCUT2D eigenvalue weighted by Crippen LogP contribution is 2.14. The van der Waals surface area contributed by atoms with E-state index in [1.807, 2.05) is 52.8 Å². The third-order valence-corrected chi connectivity index (χ3v) is 2.97. The summed E-state index contributed by atoms with van der Waals surface area (Å²) >= 11 is 4.48. The standard InChI is InChI=1S/C14H17N3S/c15-13-5-1-11(2-6-13)9-17(18)10-12-3-7-14(16)8-4-12/h1-8,18H,9-10,15-16H2. The molecule has 0 spiro atoms. The van der Waals surface area contributed by atoms with Crippen molar-refractivity contribution in [3.63, 3.8) is 0 Å². The minimum atomic E-state index is 0.772. The Kier molecular flexibility index (Phi) is 4.12. The van der Waals surface area contributed by atoms with Gasteiger partial charge >= 0.3 is 0 Å². The van der Waals surface area contributed by atoms with Gasteiger partial charge in [0.1, 0.15) is 0 Å². The van der Waals surface area contributed by atoms with E-state index < -0.39 is 0 Å². The van der Waals surface area contributed by atoms with Crippen LogP contribution in [0.25, 0.3) is 0 Å². The molecule has 18 heavy (non-hydrogen) atoms. The first-order valence-electron chi connectivity index (χ1n) is 5.76. The number of nitrogens with two attached hydrogens (primary N) is 2. The number of benzene rings is 2. The Hall–Kier alpha value is -1.65. The lowest BCUT2D eigenvalue weighted by molar-refractivity contribution is 0.469. The van der Waals surface area contributed by atoms with Gasteiger partial charge in [-0.1, -0.05) is 37.1 Å². The number of hydrogen-bond donors (Lipinski definition) is 3. The maximum atomic E-state index is 5.65. The van der Waals surface area contributed by atoms with Gasteiger partial charge in [0.2, 0.25) is 0 Å². The average Bonchev–Trinajstić information content (AvgIpc) is 2.35.